The van der Waals surface area contributed by atoms with E-state index in [2.05, 4.69) is 35.2 Å². The molecule has 3 aromatic rings. The van der Waals surface area contributed by atoms with Gasteiger partial charge in [-0.1, -0.05) is 54.6 Å². The third kappa shape index (κ3) is 3.56. The highest BCUT2D eigenvalue weighted by molar-refractivity contribution is 5.80. The first-order chi connectivity index (χ1) is 13.1. The van der Waals surface area contributed by atoms with Gasteiger partial charge in [-0.2, -0.15) is 0 Å². The number of carbonyl (C=O) groups is 1. The maximum atomic E-state index is 13.3. The molecule has 3 nitrogen and oxygen atoms in total. The van der Waals surface area contributed by atoms with E-state index < -0.39 is 0 Å². The molecule has 1 aliphatic heterocycles. The molecule has 4 rings (SSSR count). The van der Waals surface area contributed by atoms with Crippen LogP contribution in [0.2, 0.25) is 0 Å². The molecule has 1 fully saturated rings. The molecule has 0 aliphatic carbocycles. The second-order valence-corrected chi connectivity index (χ2v) is 6.99. The summed E-state index contributed by atoms with van der Waals surface area (Å²) in [6, 6.07) is 24.9. The van der Waals surface area contributed by atoms with Crippen LogP contribution in [0.1, 0.15) is 11.5 Å². The van der Waals surface area contributed by atoms with Gasteiger partial charge >= 0.3 is 0 Å². The molecule has 1 aliphatic rings. The molecule has 1 heterocycles. The number of nitrogens with zero attached hydrogens (tertiary/aromatic N) is 1. The number of anilines is 1. The maximum Gasteiger partial charge on any atom is 0.223 e. The van der Waals surface area contributed by atoms with Gasteiger partial charge in [-0.15, -0.1) is 0 Å². The Morgan fingerprint density at radius 1 is 0.889 bits per heavy atom. The molecular formula is C23H21FN2O. The first-order valence-corrected chi connectivity index (χ1v) is 9.07. The number of benzene rings is 3. The van der Waals surface area contributed by atoms with Gasteiger partial charge in [0.1, 0.15) is 5.82 Å². The van der Waals surface area contributed by atoms with E-state index in [4.69, 9.17) is 5.73 Å². The van der Waals surface area contributed by atoms with E-state index in [1.165, 1.54) is 12.1 Å². The van der Waals surface area contributed by atoms with Gasteiger partial charge in [0.25, 0.3) is 0 Å². The summed E-state index contributed by atoms with van der Waals surface area (Å²) in [5, 5.41) is 0. The van der Waals surface area contributed by atoms with Gasteiger partial charge in [0.2, 0.25) is 5.91 Å². The van der Waals surface area contributed by atoms with Crippen molar-refractivity contribution in [3.05, 3.63) is 90.2 Å². The Hall–Kier alpha value is -3.14. The van der Waals surface area contributed by atoms with Crippen molar-refractivity contribution in [2.75, 3.05) is 18.0 Å². The van der Waals surface area contributed by atoms with Gasteiger partial charge in [0, 0.05) is 24.7 Å². The third-order valence-electron chi connectivity index (χ3n) is 5.30. The van der Waals surface area contributed by atoms with Gasteiger partial charge < -0.3 is 10.6 Å². The lowest BCUT2D eigenvalue weighted by Gasteiger charge is -2.19. The minimum Gasteiger partial charge on any atom is -0.370 e. The van der Waals surface area contributed by atoms with Crippen LogP contribution in [0.4, 0.5) is 10.1 Å². The Labute approximate surface area is 158 Å². The monoisotopic (exact) mass is 360 g/mol. The molecule has 27 heavy (non-hydrogen) atoms. The number of primary amides is 1. The molecule has 2 N–H and O–H groups in total. The van der Waals surface area contributed by atoms with E-state index in [1.54, 1.807) is 12.1 Å². The molecule has 2 unspecified atom stereocenters. The van der Waals surface area contributed by atoms with Gasteiger partial charge in [-0.25, -0.2) is 4.39 Å². The highest BCUT2D eigenvalue weighted by atomic mass is 19.1. The molecule has 0 spiro atoms. The standard InChI is InChI=1S/C23H21FN2O/c24-19-11-9-17(10-12-19)21-14-26(15-22(21)23(25)27)20-8-4-7-18(13-20)16-5-2-1-3-6-16/h1-13,21-22H,14-15H2,(H2,25,27). The lowest BCUT2D eigenvalue weighted by molar-refractivity contribution is -0.121. The molecule has 1 saturated heterocycles. The first kappa shape index (κ1) is 17.3. The molecule has 2 atom stereocenters. The SMILES string of the molecule is NC(=O)C1CN(c2cccc(-c3ccccc3)c2)CC1c1ccc(F)cc1. The van der Waals surface area contributed by atoms with Crippen LogP contribution >= 0.6 is 0 Å². The first-order valence-electron chi connectivity index (χ1n) is 9.07. The zero-order chi connectivity index (χ0) is 18.8. The summed E-state index contributed by atoms with van der Waals surface area (Å²) in [5.41, 5.74) is 9.97. The summed E-state index contributed by atoms with van der Waals surface area (Å²) in [5.74, 6) is -0.926. The van der Waals surface area contributed by atoms with Gasteiger partial charge in [0.15, 0.2) is 0 Å². The fraction of sp³-hybridized carbons (Fsp3) is 0.174. The maximum absolute atomic E-state index is 13.3. The highest BCUT2D eigenvalue weighted by Crippen LogP contribution is 2.36. The van der Waals surface area contributed by atoms with E-state index in [1.807, 2.05) is 24.3 Å². The van der Waals surface area contributed by atoms with Crippen LogP contribution in [0.3, 0.4) is 0 Å². The largest absolute Gasteiger partial charge is 0.370 e. The summed E-state index contributed by atoms with van der Waals surface area (Å²) < 4.78 is 13.3. The lowest BCUT2D eigenvalue weighted by Crippen LogP contribution is -2.29. The molecule has 4 heteroatoms. The van der Waals surface area contributed by atoms with Gasteiger partial charge in [0.05, 0.1) is 5.92 Å². The van der Waals surface area contributed by atoms with Crippen molar-refractivity contribution in [1.29, 1.82) is 0 Å². The predicted molar refractivity (Wildman–Crippen MR) is 106 cm³/mol. The molecule has 0 aromatic heterocycles. The number of rotatable bonds is 4. The Morgan fingerprint density at radius 2 is 1.59 bits per heavy atom. The second kappa shape index (κ2) is 7.23. The normalized spacial score (nSPS) is 19.2. The van der Waals surface area contributed by atoms with Gasteiger partial charge in [-0.05, 0) is 41.0 Å². The van der Waals surface area contributed by atoms with Crippen LogP contribution in [-0.4, -0.2) is 19.0 Å². The van der Waals surface area contributed by atoms with Crippen molar-refractivity contribution in [2.45, 2.75) is 5.92 Å². The highest BCUT2D eigenvalue weighted by Gasteiger charge is 2.37. The smallest absolute Gasteiger partial charge is 0.223 e. The van der Waals surface area contributed by atoms with Crippen molar-refractivity contribution in [2.24, 2.45) is 11.7 Å². The Balaban J connectivity index is 1.63. The molecule has 136 valence electrons. The summed E-state index contributed by atoms with van der Waals surface area (Å²) >= 11 is 0. The summed E-state index contributed by atoms with van der Waals surface area (Å²) in [4.78, 5) is 14.2. The Morgan fingerprint density at radius 3 is 2.30 bits per heavy atom. The average molecular weight is 360 g/mol. The van der Waals surface area contributed by atoms with E-state index in [0.29, 0.717) is 13.1 Å². The number of halogens is 1. The number of nitrogens with two attached hydrogens (primary N) is 1. The van der Waals surface area contributed by atoms with Crippen LogP contribution in [0.5, 0.6) is 0 Å². The van der Waals surface area contributed by atoms with Crippen LogP contribution in [0, 0.1) is 11.7 Å². The summed E-state index contributed by atoms with van der Waals surface area (Å²) in [7, 11) is 0. The van der Waals surface area contributed by atoms with E-state index in [-0.39, 0.29) is 23.6 Å². The summed E-state index contributed by atoms with van der Waals surface area (Å²) in [6.45, 7) is 1.24. The van der Waals surface area contributed by atoms with Crippen molar-refractivity contribution in [3.8, 4) is 11.1 Å². The fourth-order valence-electron chi connectivity index (χ4n) is 3.86. The van der Waals surface area contributed by atoms with Crippen molar-refractivity contribution in [1.82, 2.24) is 0 Å². The molecular weight excluding hydrogens is 339 g/mol. The third-order valence-corrected chi connectivity index (χ3v) is 5.30. The number of hydrogen-bond acceptors (Lipinski definition) is 2. The van der Waals surface area contributed by atoms with E-state index >= 15 is 0 Å². The zero-order valence-corrected chi connectivity index (χ0v) is 14.9. The van der Waals surface area contributed by atoms with Crippen molar-refractivity contribution in [3.63, 3.8) is 0 Å². The quantitative estimate of drug-likeness (QED) is 0.758. The predicted octanol–water partition coefficient (Wildman–Crippen LogP) is 4.20. The molecule has 3 aromatic carbocycles. The molecule has 0 saturated carbocycles. The Bertz CT molecular complexity index is 940. The molecule has 0 bridgehead atoms. The zero-order valence-electron chi connectivity index (χ0n) is 14.9. The second-order valence-electron chi connectivity index (χ2n) is 6.99. The van der Waals surface area contributed by atoms with Gasteiger partial charge in [-0.3, -0.25) is 4.79 Å². The molecule has 0 radical (unpaired) electrons. The summed E-state index contributed by atoms with van der Waals surface area (Å²) in [6.07, 6.45) is 0. The van der Waals surface area contributed by atoms with Crippen LogP contribution < -0.4 is 10.6 Å². The van der Waals surface area contributed by atoms with Crippen LogP contribution in [-0.2, 0) is 4.79 Å². The van der Waals surface area contributed by atoms with E-state index in [0.717, 1.165) is 22.4 Å². The minimum atomic E-state index is -0.314. The topological polar surface area (TPSA) is 46.3 Å². The van der Waals surface area contributed by atoms with Crippen molar-refractivity contribution >= 4 is 11.6 Å². The lowest BCUT2D eigenvalue weighted by atomic mass is 9.88. The Kier molecular flexibility index (Phi) is 4.63. The molecule has 1 amide bonds. The van der Waals surface area contributed by atoms with E-state index in [9.17, 15) is 9.18 Å². The minimum absolute atomic E-state index is 0.0384. The fourth-order valence-corrected chi connectivity index (χ4v) is 3.86. The average Bonchev–Trinajstić information content (AvgIpc) is 3.15. The van der Waals surface area contributed by atoms with Crippen molar-refractivity contribution < 1.29 is 9.18 Å². The van der Waals surface area contributed by atoms with Crippen LogP contribution in [0.15, 0.2) is 78.9 Å². The van der Waals surface area contributed by atoms with Crippen LogP contribution in [0.25, 0.3) is 11.1 Å². The number of hydrogen-bond donors (Lipinski definition) is 1. The number of carbonyl (C=O) groups excluding carboxylic acids is 1. The number of amides is 1.